The largest absolute Gasteiger partial charge is 0.472 e. The van der Waals surface area contributed by atoms with Crippen molar-refractivity contribution < 1.29 is 23.0 Å². The van der Waals surface area contributed by atoms with E-state index in [2.05, 4.69) is 14.7 Å². The first-order valence-corrected chi connectivity index (χ1v) is 12.3. The van der Waals surface area contributed by atoms with E-state index in [0.29, 0.717) is 0 Å². The number of aliphatic hydroxyl groups is 1. The molecule has 2 aromatic carbocycles. The van der Waals surface area contributed by atoms with Gasteiger partial charge in [0.25, 0.3) is 15.9 Å². The molecule has 0 radical (unpaired) electrons. The molecule has 176 valence electrons. The highest BCUT2D eigenvalue weighted by Crippen LogP contribution is 2.43. The highest BCUT2D eigenvalue weighted by atomic mass is 35.5. The molecule has 0 amide bonds. The van der Waals surface area contributed by atoms with Gasteiger partial charge < -0.3 is 14.6 Å². The summed E-state index contributed by atoms with van der Waals surface area (Å²) in [4.78, 5) is 7.99. The second-order valence-corrected chi connectivity index (χ2v) is 9.99. The van der Waals surface area contributed by atoms with Crippen LogP contribution in [-0.2, 0) is 10.0 Å². The molecule has 0 aliphatic carbocycles. The normalized spacial score (nSPS) is 11.5. The molecule has 2 N–H and O–H groups in total. The van der Waals surface area contributed by atoms with Gasteiger partial charge in [-0.05, 0) is 35.7 Å². The Hall–Kier alpha value is -2.30. The van der Waals surface area contributed by atoms with E-state index in [0.717, 1.165) is 11.9 Å². The average molecular weight is 533 g/mol. The summed E-state index contributed by atoms with van der Waals surface area (Å²) in [6, 6.07) is 9.27. The predicted octanol–water partition coefficient (Wildman–Crippen LogP) is 5.52. The van der Waals surface area contributed by atoms with Crippen molar-refractivity contribution in [2.75, 3.05) is 17.9 Å². The fraction of sp³-hybridized carbons (Fsp3) is 0.238. The topological polar surface area (TPSA) is 111 Å². The molecule has 0 saturated carbocycles. The van der Waals surface area contributed by atoms with Crippen molar-refractivity contribution in [3.63, 3.8) is 0 Å². The highest BCUT2D eigenvalue weighted by Gasteiger charge is 2.24. The van der Waals surface area contributed by atoms with Crippen molar-refractivity contribution in [3.8, 4) is 17.4 Å². The zero-order chi connectivity index (χ0) is 24.2. The first kappa shape index (κ1) is 25.3. The van der Waals surface area contributed by atoms with Crippen LogP contribution in [0.15, 0.2) is 47.6 Å². The minimum Gasteiger partial charge on any atom is -0.472 e. The van der Waals surface area contributed by atoms with E-state index in [-0.39, 0.29) is 62.3 Å². The van der Waals surface area contributed by atoms with Gasteiger partial charge in [-0.2, -0.15) is 4.98 Å². The van der Waals surface area contributed by atoms with Crippen LogP contribution in [0, 0.1) is 0 Å². The Kier molecular flexibility index (Phi) is 8.25. The van der Waals surface area contributed by atoms with Crippen molar-refractivity contribution >= 4 is 50.6 Å². The van der Waals surface area contributed by atoms with Gasteiger partial charge in [0, 0.05) is 5.02 Å². The van der Waals surface area contributed by atoms with Crippen molar-refractivity contribution in [1.82, 2.24) is 9.97 Å². The lowest BCUT2D eigenvalue weighted by molar-refractivity contribution is 0.192. The van der Waals surface area contributed by atoms with Gasteiger partial charge in [-0.1, -0.05) is 60.8 Å². The molecule has 0 aliphatic rings. The van der Waals surface area contributed by atoms with Crippen molar-refractivity contribution in [2.24, 2.45) is 0 Å². The lowest BCUT2D eigenvalue weighted by Gasteiger charge is -2.17. The fourth-order valence-corrected chi connectivity index (χ4v) is 4.62. The van der Waals surface area contributed by atoms with E-state index in [1.165, 1.54) is 24.3 Å². The van der Waals surface area contributed by atoms with Gasteiger partial charge >= 0.3 is 0 Å². The third-order valence-electron chi connectivity index (χ3n) is 4.36. The quantitative estimate of drug-likeness (QED) is 0.373. The maximum Gasteiger partial charge on any atom is 0.263 e. The van der Waals surface area contributed by atoms with E-state index in [1.807, 2.05) is 13.8 Å². The average Bonchev–Trinajstić information content (AvgIpc) is 2.75. The predicted molar refractivity (Wildman–Crippen MR) is 127 cm³/mol. The maximum atomic E-state index is 13.0. The molecule has 8 nitrogen and oxygen atoms in total. The van der Waals surface area contributed by atoms with Crippen LogP contribution in [0.4, 0.5) is 5.82 Å². The van der Waals surface area contributed by atoms with Crippen molar-refractivity contribution in [2.45, 2.75) is 24.7 Å². The highest BCUT2D eigenvalue weighted by molar-refractivity contribution is 7.92. The van der Waals surface area contributed by atoms with Crippen LogP contribution in [0.5, 0.6) is 17.4 Å². The summed E-state index contributed by atoms with van der Waals surface area (Å²) in [6.45, 7) is 3.58. The van der Waals surface area contributed by atoms with Crippen molar-refractivity contribution in [1.29, 1.82) is 0 Å². The van der Waals surface area contributed by atoms with E-state index in [9.17, 15) is 8.42 Å². The van der Waals surface area contributed by atoms with Gasteiger partial charge in [-0.15, -0.1) is 0 Å². The Bertz CT molecular complexity index is 1220. The van der Waals surface area contributed by atoms with Crippen LogP contribution in [0.3, 0.4) is 0 Å². The summed E-state index contributed by atoms with van der Waals surface area (Å²) in [6.07, 6.45) is 1.09. The molecule has 0 saturated heterocycles. The molecular weight excluding hydrogens is 513 g/mol. The first-order valence-electron chi connectivity index (χ1n) is 9.66. The van der Waals surface area contributed by atoms with E-state index >= 15 is 0 Å². The SMILES string of the molecule is CC(C)c1ccc(S(=O)(=O)Nc2ncnc(OCCO)c2Oc2c(Cl)cc(Cl)cc2Cl)cc1. The van der Waals surface area contributed by atoms with Crippen LogP contribution < -0.4 is 14.2 Å². The lowest BCUT2D eigenvalue weighted by atomic mass is 10.0. The molecule has 0 aliphatic heterocycles. The number of nitrogens with zero attached hydrogens (tertiary/aromatic N) is 2. The van der Waals surface area contributed by atoms with Gasteiger partial charge in [-0.25, -0.2) is 13.4 Å². The Morgan fingerprint density at radius 1 is 1.03 bits per heavy atom. The van der Waals surface area contributed by atoms with Gasteiger partial charge in [-0.3, -0.25) is 4.72 Å². The zero-order valence-electron chi connectivity index (χ0n) is 17.5. The Morgan fingerprint density at radius 3 is 2.24 bits per heavy atom. The molecule has 33 heavy (non-hydrogen) atoms. The molecule has 0 fully saturated rings. The number of rotatable bonds is 9. The van der Waals surface area contributed by atoms with Crippen LogP contribution in [0.1, 0.15) is 25.3 Å². The molecule has 1 heterocycles. The number of aromatic nitrogens is 2. The third kappa shape index (κ3) is 6.18. The van der Waals surface area contributed by atoms with Gasteiger partial charge in [0.2, 0.25) is 5.75 Å². The summed E-state index contributed by atoms with van der Waals surface area (Å²) in [5, 5.41) is 9.54. The lowest BCUT2D eigenvalue weighted by Crippen LogP contribution is -2.16. The Morgan fingerprint density at radius 2 is 1.67 bits per heavy atom. The molecule has 3 rings (SSSR count). The number of hydrogen-bond donors (Lipinski definition) is 2. The molecule has 0 bridgehead atoms. The number of anilines is 1. The minimum absolute atomic E-state index is 0.00637. The second-order valence-electron chi connectivity index (χ2n) is 7.06. The number of hydrogen-bond acceptors (Lipinski definition) is 7. The van der Waals surface area contributed by atoms with E-state index in [4.69, 9.17) is 49.4 Å². The molecule has 0 atom stereocenters. The van der Waals surface area contributed by atoms with Crippen LogP contribution >= 0.6 is 34.8 Å². The summed E-state index contributed by atoms with van der Waals surface area (Å²) in [7, 11) is -4.05. The summed E-state index contributed by atoms with van der Waals surface area (Å²) >= 11 is 18.4. The molecular formula is C21H20Cl3N3O5S. The maximum absolute atomic E-state index is 13.0. The van der Waals surface area contributed by atoms with Crippen LogP contribution in [0.2, 0.25) is 15.1 Å². The van der Waals surface area contributed by atoms with Gasteiger partial charge in [0.1, 0.15) is 12.9 Å². The molecule has 1 aromatic heterocycles. The molecule has 0 unspecified atom stereocenters. The molecule has 3 aromatic rings. The molecule has 0 spiro atoms. The zero-order valence-corrected chi connectivity index (χ0v) is 20.6. The number of halogens is 3. The van der Waals surface area contributed by atoms with Crippen LogP contribution in [0.25, 0.3) is 0 Å². The first-order chi connectivity index (χ1) is 15.6. The molecule has 12 heteroatoms. The fourth-order valence-electron chi connectivity index (χ4n) is 2.71. The Balaban J connectivity index is 2.03. The summed E-state index contributed by atoms with van der Waals surface area (Å²) in [5.74, 6) is -0.300. The van der Waals surface area contributed by atoms with Gasteiger partial charge in [0.05, 0.1) is 21.5 Å². The minimum atomic E-state index is -4.05. The summed E-state index contributed by atoms with van der Waals surface area (Å²) < 4.78 is 39.6. The van der Waals surface area contributed by atoms with Gasteiger partial charge in [0.15, 0.2) is 11.6 Å². The number of nitrogens with one attached hydrogen (secondary N) is 1. The third-order valence-corrected chi connectivity index (χ3v) is 6.49. The van der Waals surface area contributed by atoms with E-state index < -0.39 is 10.0 Å². The smallest absolute Gasteiger partial charge is 0.263 e. The van der Waals surface area contributed by atoms with Crippen LogP contribution in [-0.4, -0.2) is 36.7 Å². The summed E-state index contributed by atoms with van der Waals surface area (Å²) in [5.41, 5.74) is 0.992. The monoisotopic (exact) mass is 531 g/mol. The number of aliphatic hydroxyl groups excluding tert-OH is 1. The number of benzene rings is 2. The van der Waals surface area contributed by atoms with E-state index in [1.54, 1.807) is 12.1 Å². The number of ether oxygens (including phenoxy) is 2. The number of sulfonamides is 1. The van der Waals surface area contributed by atoms with Crippen molar-refractivity contribution in [3.05, 3.63) is 63.4 Å². The Labute approximate surface area is 206 Å². The standard InChI is InChI=1S/C21H20Cl3N3O5S/c1-12(2)13-3-5-15(6-4-13)33(29,30)27-20-19(21(26-11-25-20)31-8-7-28)32-18-16(23)9-14(22)10-17(18)24/h3-6,9-12,28H,7-8H2,1-2H3,(H,25,26,27). The second kappa shape index (κ2) is 10.8.